The van der Waals surface area contributed by atoms with Gasteiger partial charge in [0.25, 0.3) is 5.91 Å². The molecule has 16 heavy (non-hydrogen) atoms. The molecule has 0 unspecified atom stereocenters. The van der Waals surface area contributed by atoms with Gasteiger partial charge >= 0.3 is 0 Å². The summed E-state index contributed by atoms with van der Waals surface area (Å²) < 4.78 is 0.263. The van der Waals surface area contributed by atoms with Crippen LogP contribution in [0.1, 0.15) is 36.0 Å². The molecule has 1 aliphatic rings. The zero-order valence-electron chi connectivity index (χ0n) is 9.45. The number of nitrogens with one attached hydrogen (secondary N) is 2. The molecule has 0 radical (unpaired) electrons. The van der Waals surface area contributed by atoms with E-state index >= 15 is 0 Å². The fourth-order valence-electron chi connectivity index (χ4n) is 2.19. The fourth-order valence-corrected chi connectivity index (χ4v) is 3.10. The summed E-state index contributed by atoms with van der Waals surface area (Å²) in [5.41, 5.74) is 0.606. The number of hydrogen-bond donors (Lipinski definition) is 2. The van der Waals surface area contributed by atoms with Gasteiger partial charge in [-0.1, -0.05) is 12.8 Å². The van der Waals surface area contributed by atoms with Crippen molar-refractivity contribution in [2.45, 2.75) is 30.4 Å². The van der Waals surface area contributed by atoms with Crippen LogP contribution in [-0.4, -0.2) is 33.7 Å². The second kappa shape index (κ2) is 4.91. The maximum atomic E-state index is 11.7. The molecule has 0 atom stereocenters. The number of thioether (sulfide) groups is 1. The van der Waals surface area contributed by atoms with Crippen LogP contribution in [0.25, 0.3) is 0 Å². The molecule has 1 aromatic heterocycles. The van der Waals surface area contributed by atoms with Gasteiger partial charge in [-0.25, -0.2) is 0 Å². The molecule has 1 amide bonds. The zero-order valence-corrected chi connectivity index (χ0v) is 10.3. The first-order valence-electron chi connectivity index (χ1n) is 5.58. The van der Waals surface area contributed by atoms with Crippen molar-refractivity contribution in [1.82, 2.24) is 15.5 Å². The van der Waals surface area contributed by atoms with Gasteiger partial charge in [-0.3, -0.25) is 9.89 Å². The van der Waals surface area contributed by atoms with Gasteiger partial charge < -0.3 is 5.32 Å². The predicted octanol–water partition coefficient (Wildman–Crippen LogP) is 1.82. The summed E-state index contributed by atoms with van der Waals surface area (Å²) in [7, 11) is 0. The van der Waals surface area contributed by atoms with Crippen molar-refractivity contribution < 1.29 is 4.79 Å². The summed E-state index contributed by atoms with van der Waals surface area (Å²) in [4.78, 5) is 11.7. The molecule has 0 aromatic carbocycles. The maximum Gasteiger partial charge on any atom is 0.254 e. The highest BCUT2D eigenvalue weighted by atomic mass is 32.2. The Hall–Kier alpha value is -0.970. The van der Waals surface area contributed by atoms with Gasteiger partial charge in [-0.2, -0.15) is 16.9 Å². The van der Waals surface area contributed by atoms with Gasteiger partial charge in [-0.05, 0) is 19.1 Å². The van der Waals surface area contributed by atoms with E-state index < -0.39 is 0 Å². The van der Waals surface area contributed by atoms with Crippen molar-refractivity contribution in [1.29, 1.82) is 0 Å². The molecular formula is C11H17N3OS. The minimum Gasteiger partial charge on any atom is -0.351 e. The quantitative estimate of drug-likeness (QED) is 0.842. The summed E-state index contributed by atoms with van der Waals surface area (Å²) in [6.07, 6.45) is 10.3. The second-order valence-corrected chi connectivity index (χ2v) is 5.54. The van der Waals surface area contributed by atoms with Crippen LogP contribution in [0.2, 0.25) is 0 Å². The molecule has 4 nitrogen and oxygen atoms in total. The highest BCUT2D eigenvalue weighted by Crippen LogP contribution is 2.39. The third-order valence-electron chi connectivity index (χ3n) is 3.28. The van der Waals surface area contributed by atoms with Crippen LogP contribution in [0.15, 0.2) is 12.4 Å². The minimum absolute atomic E-state index is 0.0333. The van der Waals surface area contributed by atoms with Crippen LogP contribution in [-0.2, 0) is 0 Å². The van der Waals surface area contributed by atoms with E-state index in [0.29, 0.717) is 5.56 Å². The van der Waals surface area contributed by atoms with Crippen LogP contribution in [0.5, 0.6) is 0 Å². The highest BCUT2D eigenvalue weighted by molar-refractivity contribution is 8.00. The molecule has 88 valence electrons. The van der Waals surface area contributed by atoms with Crippen molar-refractivity contribution in [3.63, 3.8) is 0 Å². The maximum absolute atomic E-state index is 11.7. The van der Waals surface area contributed by atoms with Gasteiger partial charge in [0.15, 0.2) is 0 Å². The van der Waals surface area contributed by atoms with Gasteiger partial charge in [0, 0.05) is 17.5 Å². The number of H-pyrrole nitrogens is 1. The molecule has 1 aromatic rings. The largest absolute Gasteiger partial charge is 0.351 e. The Bertz CT molecular complexity index is 344. The molecule has 2 N–H and O–H groups in total. The highest BCUT2D eigenvalue weighted by Gasteiger charge is 2.33. The first-order chi connectivity index (χ1) is 7.76. The van der Waals surface area contributed by atoms with Crippen LogP contribution >= 0.6 is 11.8 Å². The normalized spacial score (nSPS) is 18.6. The van der Waals surface area contributed by atoms with Gasteiger partial charge in [-0.15, -0.1) is 0 Å². The van der Waals surface area contributed by atoms with E-state index in [4.69, 9.17) is 0 Å². The van der Waals surface area contributed by atoms with E-state index in [9.17, 15) is 4.79 Å². The molecular weight excluding hydrogens is 222 g/mol. The number of aromatic amines is 1. The molecule has 0 bridgehead atoms. The lowest BCUT2D eigenvalue weighted by Gasteiger charge is -2.26. The Morgan fingerprint density at radius 2 is 2.38 bits per heavy atom. The molecule has 1 fully saturated rings. The molecule has 1 aliphatic carbocycles. The van der Waals surface area contributed by atoms with Crippen molar-refractivity contribution >= 4 is 17.7 Å². The van der Waals surface area contributed by atoms with E-state index in [1.807, 2.05) is 11.8 Å². The predicted molar refractivity (Wildman–Crippen MR) is 65.6 cm³/mol. The smallest absolute Gasteiger partial charge is 0.254 e. The average Bonchev–Trinajstić information content (AvgIpc) is 2.98. The van der Waals surface area contributed by atoms with Crippen molar-refractivity contribution in [3.8, 4) is 0 Å². The monoisotopic (exact) mass is 239 g/mol. The number of aromatic nitrogens is 2. The Balaban J connectivity index is 1.89. The number of amides is 1. The molecule has 1 saturated carbocycles. The van der Waals surface area contributed by atoms with Crippen molar-refractivity contribution in [2.75, 3.05) is 12.8 Å². The first-order valence-corrected chi connectivity index (χ1v) is 6.80. The van der Waals surface area contributed by atoms with Crippen molar-refractivity contribution in [2.24, 2.45) is 0 Å². The molecule has 0 saturated heterocycles. The SMILES string of the molecule is CSC1(CNC(=O)c2cn[nH]c2)CCCC1. The number of hydrogen-bond acceptors (Lipinski definition) is 3. The third kappa shape index (κ3) is 2.40. The Kier molecular flexibility index (Phi) is 3.53. The van der Waals surface area contributed by atoms with E-state index in [1.165, 1.54) is 25.7 Å². The summed E-state index contributed by atoms with van der Waals surface area (Å²) in [6, 6.07) is 0. The van der Waals surface area contributed by atoms with E-state index in [0.717, 1.165) is 6.54 Å². The number of carbonyl (C=O) groups is 1. The average molecular weight is 239 g/mol. The summed E-state index contributed by atoms with van der Waals surface area (Å²) >= 11 is 1.88. The summed E-state index contributed by atoms with van der Waals surface area (Å²) in [6.45, 7) is 0.762. The van der Waals surface area contributed by atoms with Crippen molar-refractivity contribution in [3.05, 3.63) is 18.0 Å². The molecule has 1 heterocycles. The lowest BCUT2D eigenvalue weighted by molar-refractivity contribution is 0.0949. The number of nitrogens with zero attached hydrogens (tertiary/aromatic N) is 1. The van der Waals surface area contributed by atoms with E-state index in [1.54, 1.807) is 12.4 Å². The molecule has 2 rings (SSSR count). The first kappa shape index (κ1) is 11.5. The minimum atomic E-state index is -0.0333. The third-order valence-corrected chi connectivity index (χ3v) is 4.70. The summed E-state index contributed by atoms with van der Waals surface area (Å²) in [5.74, 6) is -0.0333. The number of rotatable bonds is 4. The van der Waals surface area contributed by atoms with Crippen LogP contribution < -0.4 is 5.32 Å². The standard InChI is InChI=1S/C11H17N3OS/c1-16-11(4-2-3-5-11)8-12-10(15)9-6-13-14-7-9/h6-7H,2-5,8H2,1H3,(H,12,15)(H,13,14). The van der Waals surface area contributed by atoms with E-state index in [-0.39, 0.29) is 10.7 Å². The Morgan fingerprint density at radius 1 is 1.62 bits per heavy atom. The second-order valence-electron chi connectivity index (χ2n) is 4.26. The van der Waals surface area contributed by atoms with E-state index in [2.05, 4.69) is 21.8 Å². The van der Waals surface area contributed by atoms with Gasteiger partial charge in [0.1, 0.15) is 0 Å². The van der Waals surface area contributed by atoms with Crippen LogP contribution in [0.3, 0.4) is 0 Å². The number of carbonyl (C=O) groups excluding carboxylic acids is 1. The van der Waals surface area contributed by atoms with Crippen LogP contribution in [0, 0.1) is 0 Å². The molecule has 0 aliphatic heterocycles. The summed E-state index contributed by atoms with van der Waals surface area (Å²) in [5, 5.41) is 9.41. The molecule has 0 spiro atoms. The molecule has 5 heteroatoms. The zero-order chi connectivity index (χ0) is 11.4. The lowest BCUT2D eigenvalue weighted by Crippen LogP contribution is -2.38. The lowest BCUT2D eigenvalue weighted by atomic mass is 10.1. The Morgan fingerprint density at radius 3 is 2.94 bits per heavy atom. The van der Waals surface area contributed by atoms with Crippen LogP contribution in [0.4, 0.5) is 0 Å². The van der Waals surface area contributed by atoms with Gasteiger partial charge in [0.05, 0.1) is 11.8 Å². The van der Waals surface area contributed by atoms with Gasteiger partial charge in [0.2, 0.25) is 0 Å². The fraction of sp³-hybridized carbons (Fsp3) is 0.636. The Labute approximate surface area is 99.6 Å². The topological polar surface area (TPSA) is 57.8 Å².